The van der Waals surface area contributed by atoms with Crippen molar-refractivity contribution in [1.82, 2.24) is 16.0 Å². The van der Waals surface area contributed by atoms with Crippen LogP contribution in [0.3, 0.4) is 0 Å². The summed E-state index contributed by atoms with van der Waals surface area (Å²) in [4.78, 5) is 20.8. The molecule has 7 heteroatoms. The van der Waals surface area contributed by atoms with Crippen LogP contribution in [0.5, 0.6) is 0 Å². The SMILES string of the molecule is CC(=O)O.CCCCCCCCCCCCCCCC(=O)NCCNCCNCCN. The van der Waals surface area contributed by atoms with E-state index in [1.165, 1.54) is 77.0 Å². The zero-order valence-corrected chi connectivity index (χ0v) is 20.5. The number of hydrogen-bond donors (Lipinski definition) is 5. The first-order valence-electron chi connectivity index (χ1n) is 12.6. The zero-order valence-electron chi connectivity index (χ0n) is 20.5. The number of carboxylic acid groups (broad SMARTS) is 1. The summed E-state index contributed by atoms with van der Waals surface area (Å²) in [5.41, 5.74) is 5.40. The Hall–Kier alpha value is -1.18. The predicted molar refractivity (Wildman–Crippen MR) is 131 cm³/mol. The summed E-state index contributed by atoms with van der Waals surface area (Å²) >= 11 is 0. The van der Waals surface area contributed by atoms with E-state index in [1.807, 2.05) is 0 Å². The van der Waals surface area contributed by atoms with Gasteiger partial charge in [-0.2, -0.15) is 0 Å². The van der Waals surface area contributed by atoms with Gasteiger partial charge in [0.15, 0.2) is 0 Å². The van der Waals surface area contributed by atoms with Gasteiger partial charge in [0.25, 0.3) is 5.97 Å². The topological polar surface area (TPSA) is 116 Å². The van der Waals surface area contributed by atoms with Crippen LogP contribution < -0.4 is 21.7 Å². The number of rotatable bonds is 22. The smallest absolute Gasteiger partial charge is 0.300 e. The lowest BCUT2D eigenvalue weighted by atomic mass is 10.0. The molecule has 31 heavy (non-hydrogen) atoms. The zero-order chi connectivity index (χ0) is 23.4. The molecular weight excluding hydrogens is 392 g/mol. The van der Waals surface area contributed by atoms with Crippen LogP contribution in [-0.4, -0.2) is 56.3 Å². The molecule has 0 aliphatic carbocycles. The molecule has 6 N–H and O–H groups in total. The highest BCUT2D eigenvalue weighted by Crippen LogP contribution is 2.12. The van der Waals surface area contributed by atoms with E-state index in [-0.39, 0.29) is 5.91 Å². The van der Waals surface area contributed by atoms with Crippen LogP contribution >= 0.6 is 0 Å². The fraction of sp³-hybridized carbons (Fsp3) is 0.917. The molecule has 0 radical (unpaired) electrons. The van der Waals surface area contributed by atoms with Gasteiger partial charge in [-0.15, -0.1) is 0 Å². The monoisotopic (exact) mass is 444 g/mol. The summed E-state index contributed by atoms with van der Waals surface area (Å²) in [5.74, 6) is -0.638. The highest BCUT2D eigenvalue weighted by Gasteiger charge is 2.00. The van der Waals surface area contributed by atoms with Crippen LogP contribution in [0.1, 0.15) is 104 Å². The molecule has 0 saturated carbocycles. The van der Waals surface area contributed by atoms with Crippen molar-refractivity contribution in [2.24, 2.45) is 5.73 Å². The maximum absolute atomic E-state index is 11.8. The fourth-order valence-electron chi connectivity index (χ4n) is 3.21. The number of aliphatic carboxylic acids is 1. The lowest BCUT2D eigenvalue weighted by molar-refractivity contribution is -0.134. The minimum atomic E-state index is -0.833. The minimum Gasteiger partial charge on any atom is -0.481 e. The Bertz CT molecular complexity index is 378. The normalized spacial score (nSPS) is 10.4. The van der Waals surface area contributed by atoms with Crippen molar-refractivity contribution in [3.8, 4) is 0 Å². The van der Waals surface area contributed by atoms with Gasteiger partial charge in [-0.25, -0.2) is 0 Å². The van der Waals surface area contributed by atoms with Crippen LogP contribution in [0.4, 0.5) is 0 Å². The van der Waals surface area contributed by atoms with Crippen LogP contribution in [0.2, 0.25) is 0 Å². The van der Waals surface area contributed by atoms with Crippen molar-refractivity contribution in [3.05, 3.63) is 0 Å². The van der Waals surface area contributed by atoms with Gasteiger partial charge in [-0.05, 0) is 6.42 Å². The highest BCUT2D eigenvalue weighted by atomic mass is 16.4. The van der Waals surface area contributed by atoms with E-state index in [0.717, 1.165) is 39.5 Å². The Balaban J connectivity index is 0. The number of nitrogens with one attached hydrogen (secondary N) is 3. The van der Waals surface area contributed by atoms with Crippen molar-refractivity contribution >= 4 is 11.9 Å². The largest absolute Gasteiger partial charge is 0.481 e. The molecule has 1 amide bonds. The fourth-order valence-corrected chi connectivity index (χ4v) is 3.21. The Labute approximate surface area is 191 Å². The minimum absolute atomic E-state index is 0.195. The summed E-state index contributed by atoms with van der Waals surface area (Å²) in [7, 11) is 0. The lowest BCUT2D eigenvalue weighted by Gasteiger charge is -2.07. The van der Waals surface area contributed by atoms with Crippen LogP contribution in [-0.2, 0) is 9.59 Å². The Morgan fingerprint density at radius 1 is 0.677 bits per heavy atom. The van der Waals surface area contributed by atoms with Crippen molar-refractivity contribution < 1.29 is 14.7 Å². The summed E-state index contributed by atoms with van der Waals surface area (Å²) < 4.78 is 0. The van der Waals surface area contributed by atoms with E-state index in [9.17, 15) is 4.79 Å². The first-order valence-corrected chi connectivity index (χ1v) is 12.6. The molecule has 186 valence electrons. The van der Waals surface area contributed by atoms with Gasteiger partial charge in [0, 0.05) is 52.6 Å². The second-order valence-corrected chi connectivity index (χ2v) is 8.15. The number of unbranched alkanes of at least 4 members (excludes halogenated alkanes) is 12. The van der Waals surface area contributed by atoms with Gasteiger partial charge in [0.1, 0.15) is 0 Å². The molecule has 0 rings (SSSR count). The van der Waals surface area contributed by atoms with Gasteiger partial charge in [0.2, 0.25) is 5.91 Å². The van der Waals surface area contributed by atoms with Gasteiger partial charge < -0.3 is 26.8 Å². The van der Waals surface area contributed by atoms with Crippen molar-refractivity contribution in [2.75, 3.05) is 39.3 Å². The molecule has 0 aliphatic rings. The second-order valence-electron chi connectivity index (χ2n) is 8.15. The predicted octanol–water partition coefficient (Wildman–Crippen LogP) is 3.81. The van der Waals surface area contributed by atoms with E-state index < -0.39 is 5.97 Å². The number of carbonyl (C=O) groups excluding carboxylic acids is 1. The molecule has 0 heterocycles. The molecule has 0 fully saturated rings. The van der Waals surface area contributed by atoms with Gasteiger partial charge in [-0.1, -0.05) is 84.0 Å². The third kappa shape index (κ3) is 36.5. The van der Waals surface area contributed by atoms with E-state index in [2.05, 4.69) is 22.9 Å². The Kier molecular flexibility index (Phi) is 29.8. The molecule has 0 bridgehead atoms. The van der Waals surface area contributed by atoms with Crippen molar-refractivity contribution in [1.29, 1.82) is 0 Å². The standard InChI is InChI=1S/C22H48N4O.C2H4O2/c1-2-3-4-5-6-7-8-9-10-11-12-13-14-15-22(27)26-21-20-25-19-18-24-17-16-23;1-2(3)4/h24-25H,2-21,23H2,1H3,(H,26,27);1H3,(H,3,4). The van der Waals surface area contributed by atoms with E-state index >= 15 is 0 Å². The van der Waals surface area contributed by atoms with E-state index in [0.29, 0.717) is 19.5 Å². The summed E-state index contributed by atoms with van der Waals surface area (Å²) in [6.07, 6.45) is 18.1. The van der Waals surface area contributed by atoms with E-state index in [4.69, 9.17) is 15.6 Å². The number of carbonyl (C=O) groups is 2. The first kappa shape index (κ1) is 32.0. The van der Waals surface area contributed by atoms with Crippen LogP contribution in [0.25, 0.3) is 0 Å². The van der Waals surface area contributed by atoms with Crippen molar-refractivity contribution in [3.63, 3.8) is 0 Å². The molecule has 0 aliphatic heterocycles. The average molecular weight is 445 g/mol. The highest BCUT2D eigenvalue weighted by molar-refractivity contribution is 5.75. The number of nitrogens with two attached hydrogens (primary N) is 1. The maximum Gasteiger partial charge on any atom is 0.300 e. The average Bonchev–Trinajstić information content (AvgIpc) is 2.73. The molecule has 0 unspecified atom stereocenters. The molecule has 0 aromatic heterocycles. The molecule has 0 saturated heterocycles. The molecule has 7 nitrogen and oxygen atoms in total. The van der Waals surface area contributed by atoms with Crippen molar-refractivity contribution in [2.45, 2.75) is 104 Å². The molecule has 0 aromatic rings. The second kappa shape index (κ2) is 28.8. The van der Waals surface area contributed by atoms with E-state index in [1.54, 1.807) is 0 Å². The summed E-state index contributed by atoms with van der Waals surface area (Å²) in [6, 6.07) is 0. The first-order chi connectivity index (χ1) is 15.0. The van der Waals surface area contributed by atoms with Gasteiger partial charge in [0.05, 0.1) is 0 Å². The van der Waals surface area contributed by atoms with Gasteiger partial charge in [-0.3, -0.25) is 9.59 Å². The molecular formula is C24H52N4O3. The van der Waals surface area contributed by atoms with Gasteiger partial charge >= 0.3 is 0 Å². The molecule has 0 atom stereocenters. The summed E-state index contributed by atoms with van der Waals surface area (Å²) in [5, 5.41) is 16.9. The van der Waals surface area contributed by atoms with Crippen LogP contribution in [0.15, 0.2) is 0 Å². The number of hydrogen-bond acceptors (Lipinski definition) is 5. The Morgan fingerprint density at radius 2 is 1.06 bits per heavy atom. The van der Waals surface area contributed by atoms with Crippen LogP contribution in [0, 0.1) is 0 Å². The number of carboxylic acids is 1. The third-order valence-electron chi connectivity index (χ3n) is 4.93. The maximum atomic E-state index is 11.8. The third-order valence-corrected chi connectivity index (χ3v) is 4.93. The summed E-state index contributed by atoms with van der Waals surface area (Å²) in [6.45, 7) is 8.27. The molecule has 0 aromatic carbocycles. The number of amides is 1. The Morgan fingerprint density at radius 3 is 1.52 bits per heavy atom. The molecule has 0 spiro atoms. The quantitative estimate of drug-likeness (QED) is 0.162. The lowest BCUT2D eigenvalue weighted by Crippen LogP contribution is -2.35.